The monoisotopic (exact) mass is 545 g/mol. The Morgan fingerprint density at radius 1 is 0.974 bits per heavy atom. The van der Waals surface area contributed by atoms with Gasteiger partial charge in [-0.1, -0.05) is 19.4 Å². The van der Waals surface area contributed by atoms with Crippen LogP contribution in [0.3, 0.4) is 0 Å². The number of amides is 1. The summed E-state index contributed by atoms with van der Waals surface area (Å²) in [6, 6.07) is 0. The average Bonchev–Trinajstić information content (AvgIpc) is 3.17. The number of aliphatic carboxylic acids is 1. The maximum Gasteiger partial charge on any atom is 0.306 e. The van der Waals surface area contributed by atoms with Crippen LogP contribution in [-0.4, -0.2) is 58.4 Å². The van der Waals surface area contributed by atoms with E-state index in [0.29, 0.717) is 44.1 Å². The molecule has 0 radical (unpaired) electrons. The number of hydrogen-bond donors (Lipinski definition) is 3. The molecule has 3 unspecified atom stereocenters. The number of nitrogens with one attached hydrogen (secondary N) is 1. The molecule has 4 aliphatic carbocycles. The molecule has 0 saturated heterocycles. The van der Waals surface area contributed by atoms with Crippen molar-refractivity contribution >= 4 is 29.4 Å². The van der Waals surface area contributed by atoms with Gasteiger partial charge in [0, 0.05) is 31.2 Å². The average molecular weight is 546 g/mol. The van der Waals surface area contributed by atoms with Crippen molar-refractivity contribution in [1.82, 2.24) is 5.32 Å². The van der Waals surface area contributed by atoms with Crippen molar-refractivity contribution in [1.29, 1.82) is 0 Å². The molecule has 0 bridgehead atoms. The fourth-order valence-corrected chi connectivity index (χ4v) is 8.30. The van der Waals surface area contributed by atoms with Crippen LogP contribution in [0.4, 0.5) is 0 Å². The van der Waals surface area contributed by atoms with Crippen LogP contribution in [0.25, 0.3) is 0 Å². The maximum atomic E-state index is 13.3. The minimum Gasteiger partial charge on any atom is -0.481 e. The zero-order chi connectivity index (χ0) is 28.4. The highest BCUT2D eigenvalue weighted by atomic mass is 16.5. The lowest BCUT2D eigenvalue weighted by Gasteiger charge is -2.58. The molecule has 9 heteroatoms. The largest absolute Gasteiger partial charge is 0.481 e. The number of hydrogen-bond acceptors (Lipinski definition) is 7. The number of esters is 1. The number of ketones is 2. The number of ether oxygens (including phenoxy) is 1. The number of fused-ring (bicyclic) bond motifs is 5. The van der Waals surface area contributed by atoms with Gasteiger partial charge in [-0.2, -0.15) is 0 Å². The van der Waals surface area contributed by atoms with Crippen LogP contribution in [0.5, 0.6) is 0 Å². The maximum absolute atomic E-state index is 13.3. The minimum absolute atomic E-state index is 0.0170. The van der Waals surface area contributed by atoms with Gasteiger partial charge in [-0.05, 0) is 87.0 Å². The highest BCUT2D eigenvalue weighted by Gasteiger charge is 2.66. The standard InChI is InChI=1S/C30H43NO8/c1-28-13-10-20(32)17-19(28)6-7-21-22(28)11-14-29(2)23(21)12-15-30(29,38)24(33)18-39-27(37)9-8-25(34)31-16-4-3-5-26(35)36/h17,21-23,38H,3-16,18H2,1-2H3,(H,31,34)(H,35,36)/t21?,22?,23?,28-,29-,30-/m0/s1. The molecule has 0 aliphatic heterocycles. The number of carboxylic acid groups (broad SMARTS) is 1. The van der Waals surface area contributed by atoms with Crippen LogP contribution in [0.2, 0.25) is 0 Å². The molecule has 6 atom stereocenters. The van der Waals surface area contributed by atoms with E-state index < -0.39 is 35.3 Å². The molecule has 0 aromatic rings. The molecular formula is C30H43NO8. The van der Waals surface area contributed by atoms with Crippen molar-refractivity contribution in [3.8, 4) is 0 Å². The van der Waals surface area contributed by atoms with E-state index in [9.17, 15) is 29.1 Å². The lowest BCUT2D eigenvalue weighted by atomic mass is 9.46. The lowest BCUT2D eigenvalue weighted by molar-refractivity contribution is -0.170. The number of rotatable bonds is 11. The van der Waals surface area contributed by atoms with E-state index in [0.717, 1.165) is 38.5 Å². The quantitative estimate of drug-likeness (QED) is 0.264. The van der Waals surface area contributed by atoms with E-state index in [1.807, 2.05) is 13.0 Å². The Balaban J connectivity index is 1.28. The van der Waals surface area contributed by atoms with Gasteiger partial charge < -0.3 is 20.3 Å². The van der Waals surface area contributed by atoms with Gasteiger partial charge in [0.25, 0.3) is 0 Å². The Morgan fingerprint density at radius 3 is 2.46 bits per heavy atom. The van der Waals surface area contributed by atoms with E-state index in [-0.39, 0.29) is 42.3 Å². The SMILES string of the molecule is C[C@]12CCC(=O)C=C1CCC1C2CC[C@@]2(C)C1CC[C@]2(O)C(=O)COC(=O)CCC(=O)NCCCCC(=O)O. The molecule has 0 aromatic heterocycles. The first-order valence-corrected chi connectivity index (χ1v) is 14.5. The normalized spacial score (nSPS) is 35.2. The first kappa shape index (κ1) is 29.4. The first-order chi connectivity index (χ1) is 18.4. The predicted molar refractivity (Wildman–Crippen MR) is 141 cm³/mol. The number of carbonyl (C=O) groups is 5. The van der Waals surface area contributed by atoms with Gasteiger partial charge in [0.1, 0.15) is 5.60 Å². The van der Waals surface area contributed by atoms with Gasteiger partial charge >= 0.3 is 11.9 Å². The van der Waals surface area contributed by atoms with E-state index in [1.165, 1.54) is 5.57 Å². The first-order valence-electron chi connectivity index (χ1n) is 14.5. The summed E-state index contributed by atoms with van der Waals surface area (Å²) in [6.45, 7) is 4.16. The fourth-order valence-electron chi connectivity index (χ4n) is 8.30. The molecule has 3 saturated carbocycles. The molecule has 216 valence electrons. The molecule has 0 heterocycles. The number of unbranched alkanes of at least 4 members (excludes halogenated alkanes) is 1. The molecule has 4 rings (SSSR count). The fraction of sp³-hybridized carbons (Fsp3) is 0.767. The zero-order valence-electron chi connectivity index (χ0n) is 23.3. The minimum atomic E-state index is -1.55. The van der Waals surface area contributed by atoms with Crippen molar-refractivity contribution < 1.29 is 38.9 Å². The van der Waals surface area contributed by atoms with E-state index in [2.05, 4.69) is 12.2 Å². The summed E-state index contributed by atoms with van der Waals surface area (Å²) in [6.07, 6.45) is 8.74. The summed E-state index contributed by atoms with van der Waals surface area (Å²) < 4.78 is 5.20. The molecule has 9 nitrogen and oxygen atoms in total. The Bertz CT molecular complexity index is 1050. The Morgan fingerprint density at radius 2 is 1.72 bits per heavy atom. The summed E-state index contributed by atoms with van der Waals surface area (Å²) >= 11 is 0. The summed E-state index contributed by atoms with van der Waals surface area (Å²) in [7, 11) is 0. The summed E-state index contributed by atoms with van der Waals surface area (Å²) in [4.78, 5) is 60.0. The third kappa shape index (κ3) is 5.70. The van der Waals surface area contributed by atoms with Crippen molar-refractivity contribution in [3.05, 3.63) is 11.6 Å². The second-order valence-electron chi connectivity index (χ2n) is 12.6. The van der Waals surface area contributed by atoms with E-state index in [4.69, 9.17) is 9.84 Å². The van der Waals surface area contributed by atoms with Crippen molar-refractivity contribution in [2.24, 2.45) is 28.6 Å². The summed E-state index contributed by atoms with van der Waals surface area (Å²) in [5, 5.41) is 23.0. The van der Waals surface area contributed by atoms with Crippen molar-refractivity contribution in [2.45, 2.75) is 103 Å². The number of carboxylic acids is 1. The van der Waals surface area contributed by atoms with Gasteiger partial charge in [0.15, 0.2) is 12.4 Å². The van der Waals surface area contributed by atoms with Gasteiger partial charge in [0.2, 0.25) is 11.7 Å². The Kier molecular flexibility index (Phi) is 8.69. The predicted octanol–water partition coefficient (Wildman–Crippen LogP) is 3.51. The molecule has 4 aliphatic rings. The van der Waals surface area contributed by atoms with Gasteiger partial charge in [0.05, 0.1) is 6.42 Å². The molecule has 39 heavy (non-hydrogen) atoms. The molecule has 0 aromatic carbocycles. The van der Waals surface area contributed by atoms with Crippen LogP contribution in [0.15, 0.2) is 11.6 Å². The van der Waals surface area contributed by atoms with E-state index in [1.54, 1.807) is 0 Å². The smallest absolute Gasteiger partial charge is 0.306 e. The Hall–Kier alpha value is -2.55. The summed E-state index contributed by atoms with van der Waals surface area (Å²) in [5.41, 5.74) is -0.828. The highest BCUT2D eigenvalue weighted by molar-refractivity contribution is 5.92. The van der Waals surface area contributed by atoms with Crippen molar-refractivity contribution in [3.63, 3.8) is 0 Å². The second-order valence-corrected chi connectivity index (χ2v) is 12.6. The number of Topliss-reactive ketones (excluding diaryl/α,β-unsaturated/α-hetero) is 1. The van der Waals surface area contributed by atoms with Crippen molar-refractivity contribution in [2.75, 3.05) is 13.2 Å². The Labute approximate surface area is 230 Å². The van der Waals surface area contributed by atoms with E-state index >= 15 is 0 Å². The molecule has 1 amide bonds. The van der Waals surface area contributed by atoms with Crippen LogP contribution in [0, 0.1) is 28.6 Å². The molecule has 0 spiro atoms. The number of aliphatic hydroxyl groups is 1. The second kappa shape index (κ2) is 11.5. The lowest BCUT2D eigenvalue weighted by Crippen LogP contribution is -2.58. The third-order valence-electron chi connectivity index (χ3n) is 10.6. The number of allylic oxidation sites excluding steroid dienone is 1. The van der Waals surface area contributed by atoms with Crippen LogP contribution < -0.4 is 5.32 Å². The molecule has 3 N–H and O–H groups in total. The third-order valence-corrected chi connectivity index (χ3v) is 10.6. The van der Waals surface area contributed by atoms with Crippen LogP contribution in [-0.2, 0) is 28.7 Å². The van der Waals surface area contributed by atoms with Crippen LogP contribution in [0.1, 0.15) is 97.3 Å². The number of carbonyl (C=O) groups excluding carboxylic acids is 4. The highest BCUT2D eigenvalue weighted by Crippen LogP contribution is 2.67. The van der Waals surface area contributed by atoms with Gasteiger partial charge in [-0.25, -0.2) is 0 Å². The van der Waals surface area contributed by atoms with Gasteiger partial charge in [-0.3, -0.25) is 24.0 Å². The zero-order valence-corrected chi connectivity index (χ0v) is 23.3. The summed E-state index contributed by atoms with van der Waals surface area (Å²) in [5.74, 6) is -1.07. The molecule has 3 fully saturated rings. The topological polar surface area (TPSA) is 147 Å². The van der Waals surface area contributed by atoms with Gasteiger partial charge in [-0.15, -0.1) is 0 Å². The molecular weight excluding hydrogens is 502 g/mol. The van der Waals surface area contributed by atoms with Crippen LogP contribution >= 0.6 is 0 Å².